The van der Waals surface area contributed by atoms with Crippen molar-refractivity contribution in [2.75, 3.05) is 0 Å². The van der Waals surface area contributed by atoms with E-state index < -0.39 is 0 Å². The molecular weight excluding hydrogens is 272 g/mol. The lowest BCUT2D eigenvalue weighted by atomic mass is 9.87. The van der Waals surface area contributed by atoms with Crippen LogP contribution in [0.5, 0.6) is 0 Å². The number of benzene rings is 1. The molecule has 0 aliphatic carbocycles. The molecule has 0 aliphatic heterocycles. The van der Waals surface area contributed by atoms with Crippen molar-refractivity contribution >= 4 is 11.6 Å². The van der Waals surface area contributed by atoms with Crippen molar-refractivity contribution in [3.05, 3.63) is 35.7 Å². The Labute approximate surface area is 125 Å². The summed E-state index contributed by atoms with van der Waals surface area (Å²) in [4.78, 5) is 4.38. The Balaban J connectivity index is 2.20. The molecule has 0 spiro atoms. The van der Waals surface area contributed by atoms with E-state index in [1.165, 1.54) is 5.56 Å². The first-order valence-corrected chi connectivity index (χ1v) is 7.44. The summed E-state index contributed by atoms with van der Waals surface area (Å²) in [6, 6.07) is 8.23. The fourth-order valence-electron chi connectivity index (χ4n) is 1.97. The van der Waals surface area contributed by atoms with Crippen LogP contribution in [0.2, 0.25) is 0 Å². The lowest BCUT2D eigenvalue weighted by molar-refractivity contribution is 0.420. The summed E-state index contributed by atoms with van der Waals surface area (Å²) in [5.74, 6) is 1.10. The summed E-state index contributed by atoms with van der Waals surface area (Å²) in [5.41, 5.74) is 2.35. The highest BCUT2D eigenvalue weighted by atomic mass is 35.5. The molecule has 2 rings (SSSR count). The fraction of sp³-hybridized carbons (Fsp3) is 0.500. The van der Waals surface area contributed by atoms with Crippen LogP contribution in [-0.2, 0) is 5.41 Å². The minimum atomic E-state index is -0.175. The quantitative estimate of drug-likeness (QED) is 0.735. The molecule has 108 valence electrons. The third-order valence-corrected chi connectivity index (χ3v) is 3.68. The van der Waals surface area contributed by atoms with Crippen molar-refractivity contribution in [3.63, 3.8) is 0 Å². The number of hydrogen-bond acceptors (Lipinski definition) is 3. The van der Waals surface area contributed by atoms with E-state index in [1.54, 1.807) is 0 Å². The zero-order chi connectivity index (χ0) is 14.8. The van der Waals surface area contributed by atoms with Gasteiger partial charge in [0, 0.05) is 5.56 Å². The summed E-state index contributed by atoms with van der Waals surface area (Å²) in [6.07, 6.45) is 1.85. The van der Waals surface area contributed by atoms with Gasteiger partial charge in [-0.2, -0.15) is 4.98 Å². The minimum absolute atomic E-state index is 0.140. The molecule has 0 amide bonds. The van der Waals surface area contributed by atoms with Gasteiger partial charge in [0.2, 0.25) is 0 Å². The molecule has 0 radical (unpaired) electrons. The lowest BCUT2D eigenvalue weighted by Gasteiger charge is -2.18. The lowest BCUT2D eigenvalue weighted by Crippen LogP contribution is -2.10. The summed E-state index contributed by atoms with van der Waals surface area (Å²) in [5, 5.41) is 3.79. The van der Waals surface area contributed by atoms with Crippen molar-refractivity contribution in [1.29, 1.82) is 0 Å². The number of aromatic nitrogens is 2. The standard InChI is InChI=1S/C16H21ClN2O/c1-5-6-13(17)14-18-15(20-19-14)11-7-9-12(10-8-11)16(2,3)4/h7-10,13H,5-6H2,1-4H3. The Kier molecular flexibility index (Phi) is 4.48. The van der Waals surface area contributed by atoms with Gasteiger partial charge >= 0.3 is 0 Å². The smallest absolute Gasteiger partial charge is 0.257 e. The summed E-state index contributed by atoms with van der Waals surface area (Å²) in [6.45, 7) is 8.66. The highest BCUT2D eigenvalue weighted by molar-refractivity contribution is 6.20. The van der Waals surface area contributed by atoms with E-state index in [0.717, 1.165) is 18.4 Å². The Morgan fingerprint density at radius 3 is 2.40 bits per heavy atom. The predicted octanol–water partition coefficient (Wildman–Crippen LogP) is 5.11. The third-order valence-electron chi connectivity index (χ3n) is 3.26. The molecule has 1 heterocycles. The van der Waals surface area contributed by atoms with E-state index in [9.17, 15) is 0 Å². The van der Waals surface area contributed by atoms with Crippen molar-refractivity contribution in [1.82, 2.24) is 10.1 Å². The van der Waals surface area contributed by atoms with Crippen LogP contribution in [-0.4, -0.2) is 10.1 Å². The van der Waals surface area contributed by atoms with Crippen LogP contribution < -0.4 is 0 Å². The van der Waals surface area contributed by atoms with E-state index in [0.29, 0.717) is 11.7 Å². The molecule has 1 atom stereocenters. The van der Waals surface area contributed by atoms with Crippen LogP contribution in [0.15, 0.2) is 28.8 Å². The van der Waals surface area contributed by atoms with Gasteiger partial charge in [-0.25, -0.2) is 0 Å². The zero-order valence-corrected chi connectivity index (χ0v) is 13.2. The van der Waals surface area contributed by atoms with Crippen LogP contribution in [0.1, 0.15) is 57.3 Å². The van der Waals surface area contributed by atoms with Gasteiger partial charge in [-0.15, -0.1) is 11.6 Å². The molecule has 0 N–H and O–H groups in total. The number of nitrogens with zero attached hydrogens (tertiary/aromatic N) is 2. The third kappa shape index (κ3) is 3.40. The van der Waals surface area contributed by atoms with E-state index in [1.807, 2.05) is 12.1 Å². The molecule has 0 saturated heterocycles. The first-order valence-electron chi connectivity index (χ1n) is 7.00. The normalized spacial score (nSPS) is 13.4. The zero-order valence-electron chi connectivity index (χ0n) is 12.5. The van der Waals surface area contributed by atoms with Crippen LogP contribution in [0.3, 0.4) is 0 Å². The van der Waals surface area contributed by atoms with E-state index in [2.05, 4.69) is 50.0 Å². The van der Waals surface area contributed by atoms with Gasteiger partial charge in [0.1, 0.15) is 0 Å². The minimum Gasteiger partial charge on any atom is -0.334 e. The SMILES string of the molecule is CCCC(Cl)c1noc(-c2ccc(C(C)(C)C)cc2)n1. The summed E-state index contributed by atoms with van der Waals surface area (Å²) >= 11 is 6.21. The van der Waals surface area contributed by atoms with Gasteiger partial charge in [0.05, 0.1) is 5.38 Å². The van der Waals surface area contributed by atoms with Crippen LogP contribution in [0.25, 0.3) is 11.5 Å². The highest BCUT2D eigenvalue weighted by Crippen LogP contribution is 2.28. The van der Waals surface area contributed by atoms with Crippen molar-refractivity contribution in [3.8, 4) is 11.5 Å². The Morgan fingerprint density at radius 1 is 1.20 bits per heavy atom. The second-order valence-electron chi connectivity index (χ2n) is 6.04. The maximum atomic E-state index is 6.21. The average molecular weight is 293 g/mol. The van der Waals surface area contributed by atoms with Crippen molar-refractivity contribution in [2.45, 2.75) is 51.3 Å². The van der Waals surface area contributed by atoms with Gasteiger partial charge < -0.3 is 4.52 Å². The molecule has 1 unspecified atom stereocenters. The second-order valence-corrected chi connectivity index (χ2v) is 6.57. The Bertz CT molecular complexity index is 555. The van der Waals surface area contributed by atoms with Crippen molar-refractivity contribution < 1.29 is 4.52 Å². The summed E-state index contributed by atoms with van der Waals surface area (Å²) in [7, 11) is 0. The average Bonchev–Trinajstić information content (AvgIpc) is 2.88. The molecule has 0 aliphatic rings. The highest BCUT2D eigenvalue weighted by Gasteiger charge is 2.17. The van der Waals surface area contributed by atoms with Gasteiger partial charge in [-0.3, -0.25) is 0 Å². The van der Waals surface area contributed by atoms with Gasteiger partial charge in [0.15, 0.2) is 5.82 Å². The fourth-order valence-corrected chi connectivity index (χ4v) is 2.28. The predicted molar refractivity (Wildman–Crippen MR) is 81.9 cm³/mol. The van der Waals surface area contributed by atoms with Gasteiger partial charge in [0.25, 0.3) is 5.89 Å². The Morgan fingerprint density at radius 2 is 1.85 bits per heavy atom. The molecule has 0 fully saturated rings. The molecule has 3 nitrogen and oxygen atoms in total. The maximum absolute atomic E-state index is 6.21. The molecule has 0 saturated carbocycles. The van der Waals surface area contributed by atoms with Crippen LogP contribution in [0.4, 0.5) is 0 Å². The maximum Gasteiger partial charge on any atom is 0.257 e. The van der Waals surface area contributed by atoms with E-state index >= 15 is 0 Å². The largest absolute Gasteiger partial charge is 0.334 e. The molecule has 1 aromatic heterocycles. The molecule has 0 bridgehead atoms. The second kappa shape index (κ2) is 5.96. The number of rotatable bonds is 4. The Hall–Kier alpha value is -1.35. The van der Waals surface area contributed by atoms with E-state index in [4.69, 9.17) is 16.1 Å². The van der Waals surface area contributed by atoms with Gasteiger partial charge in [-0.1, -0.05) is 51.4 Å². The first-order chi connectivity index (χ1) is 9.41. The molecule has 20 heavy (non-hydrogen) atoms. The molecular formula is C16H21ClN2O. The monoisotopic (exact) mass is 292 g/mol. The van der Waals surface area contributed by atoms with E-state index in [-0.39, 0.29) is 10.8 Å². The molecule has 2 aromatic rings. The topological polar surface area (TPSA) is 38.9 Å². The molecule has 4 heteroatoms. The van der Waals surface area contributed by atoms with Crippen LogP contribution >= 0.6 is 11.6 Å². The number of halogens is 1. The number of alkyl halides is 1. The summed E-state index contributed by atoms with van der Waals surface area (Å²) < 4.78 is 5.30. The van der Waals surface area contributed by atoms with Gasteiger partial charge in [-0.05, 0) is 29.5 Å². The molecule has 1 aromatic carbocycles. The first kappa shape index (κ1) is 15.0. The number of hydrogen-bond donors (Lipinski definition) is 0. The van der Waals surface area contributed by atoms with Crippen molar-refractivity contribution in [2.24, 2.45) is 0 Å². The van der Waals surface area contributed by atoms with Crippen LogP contribution in [0, 0.1) is 0 Å².